The van der Waals surface area contributed by atoms with Crippen molar-refractivity contribution >= 4 is 22.5 Å². The predicted octanol–water partition coefficient (Wildman–Crippen LogP) is 3.76. The van der Waals surface area contributed by atoms with Crippen molar-refractivity contribution in [3.05, 3.63) is 44.2 Å². The van der Waals surface area contributed by atoms with Crippen LogP contribution in [0.2, 0.25) is 5.02 Å². The third-order valence-corrected chi connectivity index (χ3v) is 4.32. The Morgan fingerprint density at radius 2 is 1.94 bits per heavy atom. The smallest absolute Gasteiger partial charge is 0.192 e. The first-order valence-electron chi connectivity index (χ1n) is 6.51. The second kappa shape index (κ2) is 4.43. The fourth-order valence-electron chi connectivity index (χ4n) is 2.82. The van der Waals surface area contributed by atoms with Crippen molar-refractivity contribution < 1.29 is 0 Å². The molecule has 0 saturated carbocycles. The SMILES string of the molecule is Cc1c(Cl)ccc2c(=O)c3c([nH]c12)CCCCC3. The summed E-state index contributed by atoms with van der Waals surface area (Å²) in [7, 11) is 0. The molecule has 0 fully saturated rings. The van der Waals surface area contributed by atoms with Crippen molar-refractivity contribution in [1.29, 1.82) is 0 Å². The Morgan fingerprint density at radius 3 is 2.78 bits per heavy atom. The van der Waals surface area contributed by atoms with E-state index >= 15 is 0 Å². The quantitative estimate of drug-likeness (QED) is 0.720. The van der Waals surface area contributed by atoms with Crippen LogP contribution >= 0.6 is 11.6 Å². The largest absolute Gasteiger partial charge is 0.358 e. The molecule has 2 aromatic rings. The Bertz CT molecular complexity index is 672. The number of hydrogen-bond donors (Lipinski definition) is 1. The Kier molecular flexibility index (Phi) is 2.90. The average molecular weight is 262 g/mol. The van der Waals surface area contributed by atoms with Gasteiger partial charge in [0.15, 0.2) is 5.43 Å². The maximum absolute atomic E-state index is 12.5. The molecule has 1 aromatic heterocycles. The summed E-state index contributed by atoms with van der Waals surface area (Å²) in [6, 6.07) is 3.66. The minimum absolute atomic E-state index is 0.195. The number of aromatic amines is 1. The zero-order valence-electron chi connectivity index (χ0n) is 10.5. The highest BCUT2D eigenvalue weighted by atomic mass is 35.5. The number of nitrogens with one attached hydrogen (secondary N) is 1. The molecule has 1 aromatic carbocycles. The number of aromatic nitrogens is 1. The number of pyridine rings is 1. The highest BCUT2D eigenvalue weighted by Crippen LogP contribution is 2.25. The number of benzene rings is 1. The van der Waals surface area contributed by atoms with Crippen LogP contribution in [0.5, 0.6) is 0 Å². The molecule has 0 radical (unpaired) electrons. The molecule has 1 aliphatic carbocycles. The molecule has 0 atom stereocenters. The van der Waals surface area contributed by atoms with Gasteiger partial charge in [-0.25, -0.2) is 0 Å². The zero-order chi connectivity index (χ0) is 12.7. The van der Waals surface area contributed by atoms with Crippen molar-refractivity contribution in [2.45, 2.75) is 39.0 Å². The molecule has 0 amide bonds. The summed E-state index contributed by atoms with van der Waals surface area (Å²) >= 11 is 6.13. The number of rotatable bonds is 0. The van der Waals surface area contributed by atoms with Crippen LogP contribution in [0.15, 0.2) is 16.9 Å². The molecule has 1 aliphatic rings. The van der Waals surface area contributed by atoms with Crippen molar-refractivity contribution in [2.24, 2.45) is 0 Å². The molecule has 1 N–H and O–H groups in total. The molecule has 3 heteroatoms. The molecular formula is C15H16ClNO. The molecule has 0 bridgehead atoms. The van der Waals surface area contributed by atoms with Gasteiger partial charge in [0.2, 0.25) is 0 Å². The predicted molar refractivity (Wildman–Crippen MR) is 75.6 cm³/mol. The van der Waals surface area contributed by atoms with Gasteiger partial charge in [-0.05, 0) is 50.3 Å². The van der Waals surface area contributed by atoms with E-state index in [9.17, 15) is 4.79 Å². The van der Waals surface area contributed by atoms with Gasteiger partial charge in [-0.1, -0.05) is 18.0 Å². The third kappa shape index (κ3) is 1.76. The summed E-state index contributed by atoms with van der Waals surface area (Å²) in [4.78, 5) is 16.0. The summed E-state index contributed by atoms with van der Waals surface area (Å²) in [6.45, 7) is 1.96. The van der Waals surface area contributed by atoms with Gasteiger partial charge in [0.25, 0.3) is 0 Å². The maximum atomic E-state index is 12.5. The second-order valence-corrected chi connectivity index (χ2v) is 5.47. The fraction of sp³-hybridized carbons (Fsp3) is 0.400. The Labute approximate surface area is 111 Å². The van der Waals surface area contributed by atoms with Crippen LogP contribution in [0, 0.1) is 6.92 Å². The minimum atomic E-state index is 0.195. The average Bonchev–Trinajstić information content (AvgIpc) is 2.60. The molecule has 94 valence electrons. The minimum Gasteiger partial charge on any atom is -0.358 e. The lowest BCUT2D eigenvalue weighted by molar-refractivity contribution is 0.708. The van der Waals surface area contributed by atoms with Gasteiger partial charge >= 0.3 is 0 Å². The van der Waals surface area contributed by atoms with E-state index in [1.165, 1.54) is 6.42 Å². The molecule has 2 nitrogen and oxygen atoms in total. The molecule has 0 spiro atoms. The monoisotopic (exact) mass is 261 g/mol. The van der Waals surface area contributed by atoms with Crippen LogP contribution < -0.4 is 5.43 Å². The van der Waals surface area contributed by atoms with Crippen molar-refractivity contribution in [2.75, 3.05) is 0 Å². The van der Waals surface area contributed by atoms with Gasteiger partial charge in [-0.3, -0.25) is 4.79 Å². The van der Waals surface area contributed by atoms with Gasteiger partial charge in [0.05, 0.1) is 5.52 Å². The summed E-state index contributed by atoms with van der Waals surface area (Å²) in [5.41, 5.74) is 4.18. The van der Waals surface area contributed by atoms with Crippen LogP contribution in [0.3, 0.4) is 0 Å². The number of fused-ring (bicyclic) bond motifs is 2. The lowest BCUT2D eigenvalue weighted by atomic mass is 10.0. The second-order valence-electron chi connectivity index (χ2n) is 5.07. The summed E-state index contributed by atoms with van der Waals surface area (Å²) in [5, 5.41) is 1.49. The molecule has 0 unspecified atom stereocenters. The van der Waals surface area contributed by atoms with E-state index in [4.69, 9.17) is 11.6 Å². The van der Waals surface area contributed by atoms with Crippen LogP contribution in [-0.4, -0.2) is 4.98 Å². The topological polar surface area (TPSA) is 32.9 Å². The molecule has 0 saturated heterocycles. The van der Waals surface area contributed by atoms with Gasteiger partial charge in [0, 0.05) is 21.7 Å². The summed E-state index contributed by atoms with van der Waals surface area (Å²) < 4.78 is 0. The molecule has 0 aliphatic heterocycles. The lowest BCUT2D eigenvalue weighted by Gasteiger charge is -2.10. The van der Waals surface area contributed by atoms with E-state index in [0.29, 0.717) is 5.02 Å². The fourth-order valence-corrected chi connectivity index (χ4v) is 2.98. The van der Waals surface area contributed by atoms with E-state index in [2.05, 4.69) is 4.98 Å². The maximum Gasteiger partial charge on any atom is 0.192 e. The molecule has 3 rings (SSSR count). The lowest BCUT2D eigenvalue weighted by Crippen LogP contribution is -2.14. The number of H-pyrrole nitrogens is 1. The van der Waals surface area contributed by atoms with Crippen LogP contribution in [0.4, 0.5) is 0 Å². The van der Waals surface area contributed by atoms with Crippen LogP contribution in [0.25, 0.3) is 10.9 Å². The molecule has 18 heavy (non-hydrogen) atoms. The number of hydrogen-bond acceptors (Lipinski definition) is 1. The van der Waals surface area contributed by atoms with Gasteiger partial charge in [0.1, 0.15) is 0 Å². The van der Waals surface area contributed by atoms with Gasteiger partial charge in [-0.2, -0.15) is 0 Å². The van der Waals surface area contributed by atoms with Crippen molar-refractivity contribution in [3.63, 3.8) is 0 Å². The molecule has 1 heterocycles. The Hall–Kier alpha value is -1.28. The van der Waals surface area contributed by atoms with E-state index in [0.717, 1.165) is 53.4 Å². The van der Waals surface area contributed by atoms with Crippen molar-refractivity contribution in [1.82, 2.24) is 4.98 Å². The van der Waals surface area contributed by atoms with Gasteiger partial charge < -0.3 is 4.98 Å². The molecular weight excluding hydrogens is 246 g/mol. The first kappa shape index (κ1) is 11.8. The standard InChI is InChI=1S/C15H16ClNO/c1-9-12(16)8-7-11-14(9)17-13-6-4-2-3-5-10(13)15(11)18/h7-8H,2-6H2,1H3,(H,17,18). The highest BCUT2D eigenvalue weighted by molar-refractivity contribution is 6.32. The summed E-state index contributed by atoms with van der Waals surface area (Å²) in [5.74, 6) is 0. The van der Waals surface area contributed by atoms with Crippen LogP contribution in [0.1, 0.15) is 36.1 Å². The Balaban J connectivity index is 2.38. The number of aryl methyl sites for hydroxylation is 2. The number of halogens is 1. The zero-order valence-corrected chi connectivity index (χ0v) is 11.2. The van der Waals surface area contributed by atoms with E-state index in [-0.39, 0.29) is 5.43 Å². The van der Waals surface area contributed by atoms with E-state index in [1.54, 1.807) is 0 Å². The summed E-state index contributed by atoms with van der Waals surface area (Å²) in [6.07, 6.45) is 5.37. The normalized spacial score (nSPS) is 15.4. The van der Waals surface area contributed by atoms with Crippen LogP contribution in [-0.2, 0) is 12.8 Å². The van der Waals surface area contributed by atoms with Gasteiger partial charge in [-0.15, -0.1) is 0 Å². The Morgan fingerprint density at radius 1 is 1.17 bits per heavy atom. The van der Waals surface area contributed by atoms with E-state index < -0.39 is 0 Å². The third-order valence-electron chi connectivity index (χ3n) is 3.91. The van der Waals surface area contributed by atoms with E-state index in [1.807, 2.05) is 19.1 Å². The first-order valence-corrected chi connectivity index (χ1v) is 6.89. The first-order chi connectivity index (χ1) is 8.68. The highest BCUT2D eigenvalue weighted by Gasteiger charge is 2.15. The van der Waals surface area contributed by atoms with Crippen molar-refractivity contribution in [3.8, 4) is 0 Å².